The van der Waals surface area contributed by atoms with Crippen molar-refractivity contribution in [3.05, 3.63) is 71.8 Å². The van der Waals surface area contributed by atoms with Gasteiger partial charge in [0.15, 0.2) is 0 Å². The second kappa shape index (κ2) is 7.64. The van der Waals surface area contributed by atoms with Gasteiger partial charge in [0.2, 0.25) is 5.91 Å². The Morgan fingerprint density at radius 1 is 1.25 bits per heavy atom. The molecule has 1 aromatic carbocycles. The van der Waals surface area contributed by atoms with Gasteiger partial charge in [-0.25, -0.2) is 9.37 Å². The standard InChI is InChI=1S/C21H19FN4O2/c22-16-4-1-3-15(11-16)21(28)25-13-19(27)26-9-6-14(7-10-26)18-12-24-20-17(18)5-2-8-23-20/h1-6,8,11-12H,7,9-10,13H2,(H,23,24)(H,25,28). The number of nitrogens with one attached hydrogen (secondary N) is 2. The highest BCUT2D eigenvalue weighted by molar-refractivity contribution is 5.96. The zero-order chi connectivity index (χ0) is 19.5. The first kappa shape index (κ1) is 17.9. The first-order valence-electron chi connectivity index (χ1n) is 9.05. The fourth-order valence-corrected chi connectivity index (χ4v) is 3.36. The zero-order valence-electron chi connectivity index (χ0n) is 15.1. The summed E-state index contributed by atoms with van der Waals surface area (Å²) in [4.78, 5) is 33.6. The van der Waals surface area contributed by atoms with Crippen LogP contribution in [0.5, 0.6) is 0 Å². The van der Waals surface area contributed by atoms with Gasteiger partial charge in [-0.05, 0) is 42.3 Å². The predicted octanol–water partition coefficient (Wildman–Crippen LogP) is 2.75. The Morgan fingerprint density at radius 2 is 2.14 bits per heavy atom. The lowest BCUT2D eigenvalue weighted by Crippen LogP contribution is -2.42. The molecular weight excluding hydrogens is 359 g/mol. The van der Waals surface area contributed by atoms with Crippen LogP contribution in [0.25, 0.3) is 16.6 Å². The summed E-state index contributed by atoms with van der Waals surface area (Å²) in [5, 5.41) is 3.62. The number of hydrogen-bond acceptors (Lipinski definition) is 3. The van der Waals surface area contributed by atoms with E-state index in [0.717, 1.165) is 29.1 Å². The molecule has 0 saturated heterocycles. The molecule has 7 heteroatoms. The molecule has 0 bridgehead atoms. The quantitative estimate of drug-likeness (QED) is 0.733. The predicted molar refractivity (Wildman–Crippen MR) is 104 cm³/mol. The van der Waals surface area contributed by atoms with Crippen LogP contribution in [-0.2, 0) is 4.79 Å². The van der Waals surface area contributed by atoms with Gasteiger partial charge in [-0.3, -0.25) is 9.59 Å². The fourth-order valence-electron chi connectivity index (χ4n) is 3.36. The average molecular weight is 378 g/mol. The number of benzene rings is 1. The van der Waals surface area contributed by atoms with Gasteiger partial charge < -0.3 is 15.2 Å². The lowest BCUT2D eigenvalue weighted by Gasteiger charge is -2.26. The van der Waals surface area contributed by atoms with Gasteiger partial charge in [0, 0.05) is 42.0 Å². The maximum Gasteiger partial charge on any atom is 0.251 e. The molecule has 1 aliphatic rings. The molecule has 2 amide bonds. The number of pyridine rings is 1. The van der Waals surface area contributed by atoms with Crippen LogP contribution in [0.4, 0.5) is 4.39 Å². The third-order valence-electron chi connectivity index (χ3n) is 4.85. The van der Waals surface area contributed by atoms with E-state index in [1.807, 2.05) is 24.4 Å². The molecule has 0 radical (unpaired) electrons. The molecule has 0 atom stereocenters. The summed E-state index contributed by atoms with van der Waals surface area (Å²) in [6, 6.07) is 9.31. The summed E-state index contributed by atoms with van der Waals surface area (Å²) >= 11 is 0. The van der Waals surface area contributed by atoms with Crippen LogP contribution in [0, 0.1) is 5.82 Å². The molecule has 4 rings (SSSR count). The summed E-state index contributed by atoms with van der Waals surface area (Å²) < 4.78 is 13.2. The minimum atomic E-state index is -0.486. The highest BCUT2D eigenvalue weighted by atomic mass is 19.1. The Bertz CT molecular complexity index is 1070. The van der Waals surface area contributed by atoms with Crippen LogP contribution in [0.15, 0.2) is 54.9 Å². The van der Waals surface area contributed by atoms with Crippen LogP contribution in [0.1, 0.15) is 22.3 Å². The van der Waals surface area contributed by atoms with Crippen molar-refractivity contribution in [1.82, 2.24) is 20.2 Å². The van der Waals surface area contributed by atoms with Gasteiger partial charge in [-0.1, -0.05) is 12.1 Å². The summed E-state index contributed by atoms with van der Waals surface area (Å²) in [5.41, 5.74) is 3.32. The third-order valence-corrected chi connectivity index (χ3v) is 4.85. The largest absolute Gasteiger partial charge is 0.346 e. The molecule has 6 nitrogen and oxygen atoms in total. The fraction of sp³-hybridized carbons (Fsp3) is 0.190. The highest BCUT2D eigenvalue weighted by Gasteiger charge is 2.20. The van der Waals surface area contributed by atoms with Crippen molar-refractivity contribution in [2.24, 2.45) is 0 Å². The van der Waals surface area contributed by atoms with E-state index in [0.29, 0.717) is 13.1 Å². The van der Waals surface area contributed by atoms with Crippen LogP contribution in [-0.4, -0.2) is 46.3 Å². The summed E-state index contributed by atoms with van der Waals surface area (Å²) in [5.74, 6) is -1.12. The Labute approximate surface area is 161 Å². The van der Waals surface area contributed by atoms with Gasteiger partial charge >= 0.3 is 0 Å². The highest BCUT2D eigenvalue weighted by Crippen LogP contribution is 2.28. The summed E-state index contributed by atoms with van der Waals surface area (Å²) in [6.45, 7) is 0.944. The van der Waals surface area contributed by atoms with E-state index in [2.05, 4.69) is 15.3 Å². The minimum absolute atomic E-state index is 0.116. The van der Waals surface area contributed by atoms with Crippen LogP contribution < -0.4 is 5.32 Å². The molecule has 0 spiro atoms. The number of carbonyl (C=O) groups is 2. The van der Waals surface area contributed by atoms with Crippen LogP contribution in [0.2, 0.25) is 0 Å². The Balaban J connectivity index is 1.36. The number of aromatic nitrogens is 2. The molecule has 28 heavy (non-hydrogen) atoms. The third kappa shape index (κ3) is 3.64. The SMILES string of the molecule is O=C(NCC(=O)N1CC=C(c2c[nH]c3ncccc23)CC1)c1cccc(F)c1. The first-order valence-corrected chi connectivity index (χ1v) is 9.05. The molecular formula is C21H19FN4O2. The van der Waals surface area contributed by atoms with E-state index < -0.39 is 11.7 Å². The van der Waals surface area contributed by atoms with Crippen LogP contribution >= 0.6 is 0 Å². The second-order valence-electron chi connectivity index (χ2n) is 6.61. The molecule has 2 aromatic heterocycles. The van der Waals surface area contributed by atoms with E-state index in [9.17, 15) is 14.0 Å². The monoisotopic (exact) mass is 378 g/mol. The van der Waals surface area contributed by atoms with Crippen molar-refractivity contribution in [3.8, 4) is 0 Å². The van der Waals surface area contributed by atoms with Gasteiger partial charge in [0.1, 0.15) is 11.5 Å². The number of rotatable bonds is 4. The number of aromatic amines is 1. The minimum Gasteiger partial charge on any atom is -0.346 e. The van der Waals surface area contributed by atoms with Crippen LogP contribution in [0.3, 0.4) is 0 Å². The normalized spacial score (nSPS) is 14.0. The van der Waals surface area contributed by atoms with Gasteiger partial charge in [-0.15, -0.1) is 0 Å². The van der Waals surface area contributed by atoms with E-state index in [-0.39, 0.29) is 18.0 Å². The molecule has 0 fully saturated rings. The van der Waals surface area contributed by atoms with Gasteiger partial charge in [-0.2, -0.15) is 0 Å². The van der Waals surface area contributed by atoms with Crippen molar-refractivity contribution < 1.29 is 14.0 Å². The number of halogens is 1. The summed E-state index contributed by atoms with van der Waals surface area (Å²) in [6.07, 6.45) is 6.45. The average Bonchev–Trinajstić information content (AvgIpc) is 3.16. The van der Waals surface area contributed by atoms with Crippen molar-refractivity contribution in [1.29, 1.82) is 0 Å². The van der Waals surface area contributed by atoms with E-state index in [1.165, 1.54) is 23.8 Å². The topological polar surface area (TPSA) is 78.1 Å². The molecule has 3 heterocycles. The summed E-state index contributed by atoms with van der Waals surface area (Å²) in [7, 11) is 0. The number of H-pyrrole nitrogens is 1. The van der Waals surface area contributed by atoms with E-state index >= 15 is 0 Å². The van der Waals surface area contributed by atoms with Crippen molar-refractivity contribution in [2.45, 2.75) is 6.42 Å². The maximum absolute atomic E-state index is 13.2. The van der Waals surface area contributed by atoms with E-state index in [1.54, 1.807) is 11.1 Å². The Morgan fingerprint density at radius 3 is 2.93 bits per heavy atom. The first-order chi connectivity index (χ1) is 13.6. The Hall–Kier alpha value is -3.48. The molecule has 0 unspecified atom stereocenters. The van der Waals surface area contributed by atoms with Crippen molar-refractivity contribution in [2.75, 3.05) is 19.6 Å². The number of nitrogens with zero attached hydrogens (tertiary/aromatic N) is 2. The zero-order valence-corrected chi connectivity index (χ0v) is 15.1. The molecule has 0 aliphatic carbocycles. The molecule has 0 saturated carbocycles. The number of fused-ring (bicyclic) bond motifs is 1. The number of amides is 2. The van der Waals surface area contributed by atoms with Gasteiger partial charge in [0.25, 0.3) is 5.91 Å². The molecule has 142 valence electrons. The number of carbonyl (C=O) groups excluding carboxylic acids is 2. The molecule has 2 N–H and O–H groups in total. The van der Waals surface area contributed by atoms with E-state index in [4.69, 9.17) is 0 Å². The molecule has 3 aromatic rings. The second-order valence-corrected chi connectivity index (χ2v) is 6.61. The lowest BCUT2D eigenvalue weighted by atomic mass is 9.99. The maximum atomic E-state index is 13.2. The Kier molecular flexibility index (Phi) is 4.89. The number of hydrogen-bond donors (Lipinski definition) is 2. The lowest BCUT2D eigenvalue weighted by molar-refractivity contribution is -0.129. The molecule has 1 aliphatic heterocycles. The van der Waals surface area contributed by atoms with Gasteiger partial charge in [0.05, 0.1) is 6.54 Å². The smallest absolute Gasteiger partial charge is 0.251 e. The van der Waals surface area contributed by atoms with Crippen molar-refractivity contribution >= 4 is 28.4 Å². The van der Waals surface area contributed by atoms with Crippen molar-refractivity contribution in [3.63, 3.8) is 0 Å².